The summed E-state index contributed by atoms with van der Waals surface area (Å²) in [6.07, 6.45) is 0.694. The minimum Gasteiger partial charge on any atom is -0.397 e. The molecule has 0 unspecified atom stereocenters. The molecule has 0 aromatic heterocycles. The first kappa shape index (κ1) is 13.6. The summed E-state index contributed by atoms with van der Waals surface area (Å²) < 4.78 is 26.0. The molecule has 0 radical (unpaired) electrons. The fraction of sp³-hybridized carbons (Fsp3) is 0.333. The highest BCUT2D eigenvalue weighted by molar-refractivity contribution is 7.89. The number of hydrogen-bond donors (Lipinski definition) is 2. The molecule has 0 aliphatic rings. The first-order valence-electron chi connectivity index (χ1n) is 4.62. The van der Waals surface area contributed by atoms with Crippen LogP contribution in [-0.2, 0) is 10.0 Å². The van der Waals surface area contributed by atoms with E-state index in [0.717, 1.165) is 0 Å². The van der Waals surface area contributed by atoms with Gasteiger partial charge in [0.05, 0.1) is 15.7 Å². The van der Waals surface area contributed by atoms with E-state index in [9.17, 15) is 8.42 Å². The molecule has 0 saturated heterocycles. The summed E-state index contributed by atoms with van der Waals surface area (Å²) in [7, 11) is -3.61. The maximum absolute atomic E-state index is 11.8. The van der Waals surface area contributed by atoms with Crippen LogP contribution in [0.1, 0.15) is 13.3 Å². The third-order valence-corrected chi connectivity index (χ3v) is 4.14. The number of rotatable bonds is 4. The van der Waals surface area contributed by atoms with E-state index in [1.807, 2.05) is 6.92 Å². The Hall–Kier alpha value is -0.490. The van der Waals surface area contributed by atoms with Crippen LogP contribution in [0, 0.1) is 0 Å². The van der Waals surface area contributed by atoms with E-state index in [0.29, 0.717) is 13.0 Å². The van der Waals surface area contributed by atoms with Crippen molar-refractivity contribution in [3.05, 3.63) is 22.2 Å². The lowest BCUT2D eigenvalue weighted by atomic mass is 10.3. The molecule has 0 spiro atoms. The van der Waals surface area contributed by atoms with Gasteiger partial charge in [0, 0.05) is 6.54 Å². The van der Waals surface area contributed by atoms with Crippen molar-refractivity contribution in [2.75, 3.05) is 12.3 Å². The zero-order valence-corrected chi connectivity index (χ0v) is 11.0. The highest BCUT2D eigenvalue weighted by atomic mass is 35.5. The summed E-state index contributed by atoms with van der Waals surface area (Å²) in [5, 5.41) is 0.228. The van der Waals surface area contributed by atoms with Crippen LogP contribution >= 0.6 is 23.2 Å². The van der Waals surface area contributed by atoms with Gasteiger partial charge < -0.3 is 5.73 Å². The van der Waals surface area contributed by atoms with Gasteiger partial charge in [0.25, 0.3) is 0 Å². The van der Waals surface area contributed by atoms with Crippen LogP contribution in [0.3, 0.4) is 0 Å². The second kappa shape index (κ2) is 5.23. The van der Waals surface area contributed by atoms with E-state index in [4.69, 9.17) is 28.9 Å². The summed E-state index contributed by atoms with van der Waals surface area (Å²) in [6, 6.07) is 2.57. The predicted molar refractivity (Wildman–Crippen MR) is 66.4 cm³/mol. The number of halogens is 2. The number of nitrogens with one attached hydrogen (secondary N) is 1. The summed E-state index contributed by atoms with van der Waals surface area (Å²) in [5.41, 5.74) is 5.75. The predicted octanol–water partition coefficient (Wildman–Crippen LogP) is 2.26. The number of sulfonamides is 1. The largest absolute Gasteiger partial charge is 0.397 e. The van der Waals surface area contributed by atoms with Crippen LogP contribution in [0.15, 0.2) is 17.0 Å². The average Bonchev–Trinajstić information content (AvgIpc) is 2.20. The summed E-state index contributed by atoms with van der Waals surface area (Å²) in [4.78, 5) is -0.0539. The van der Waals surface area contributed by atoms with Gasteiger partial charge in [-0.1, -0.05) is 30.1 Å². The van der Waals surface area contributed by atoms with Crippen molar-refractivity contribution in [1.29, 1.82) is 0 Å². The lowest BCUT2D eigenvalue weighted by molar-refractivity contribution is 0.581. The minimum atomic E-state index is -3.61. The molecule has 1 aromatic rings. The first-order valence-corrected chi connectivity index (χ1v) is 6.86. The molecule has 0 amide bonds. The van der Waals surface area contributed by atoms with Crippen molar-refractivity contribution in [2.24, 2.45) is 0 Å². The monoisotopic (exact) mass is 282 g/mol. The quantitative estimate of drug-likeness (QED) is 0.832. The van der Waals surface area contributed by atoms with E-state index in [-0.39, 0.29) is 20.6 Å². The number of nitrogens with two attached hydrogens (primary N) is 1. The Morgan fingerprint density at radius 2 is 1.94 bits per heavy atom. The van der Waals surface area contributed by atoms with Crippen molar-refractivity contribution < 1.29 is 8.42 Å². The van der Waals surface area contributed by atoms with Crippen molar-refractivity contribution in [3.63, 3.8) is 0 Å². The number of benzene rings is 1. The van der Waals surface area contributed by atoms with Crippen LogP contribution in [0.2, 0.25) is 10.0 Å². The molecule has 0 aliphatic heterocycles. The lowest BCUT2D eigenvalue weighted by Crippen LogP contribution is -2.24. The molecule has 0 aliphatic carbocycles. The van der Waals surface area contributed by atoms with Gasteiger partial charge >= 0.3 is 0 Å². The van der Waals surface area contributed by atoms with Crippen LogP contribution in [0.25, 0.3) is 0 Å². The number of hydrogen-bond acceptors (Lipinski definition) is 3. The van der Waals surface area contributed by atoms with E-state index in [2.05, 4.69) is 4.72 Å². The maximum Gasteiger partial charge on any atom is 0.242 e. The number of nitrogen functional groups attached to an aromatic ring is 1. The smallest absolute Gasteiger partial charge is 0.242 e. The van der Waals surface area contributed by atoms with Crippen molar-refractivity contribution in [3.8, 4) is 0 Å². The maximum atomic E-state index is 11.8. The molecule has 0 atom stereocenters. The van der Waals surface area contributed by atoms with Gasteiger partial charge in [-0.3, -0.25) is 0 Å². The number of anilines is 1. The normalized spacial score (nSPS) is 11.7. The lowest BCUT2D eigenvalue weighted by Gasteiger charge is -2.09. The SMILES string of the molecule is CCCNS(=O)(=O)c1cc(Cl)c(N)cc1Cl. The summed E-state index contributed by atoms with van der Waals surface area (Å²) in [5.74, 6) is 0. The fourth-order valence-electron chi connectivity index (χ4n) is 1.06. The summed E-state index contributed by atoms with van der Waals surface area (Å²) >= 11 is 11.6. The topological polar surface area (TPSA) is 72.2 Å². The highest BCUT2D eigenvalue weighted by Gasteiger charge is 2.18. The Labute approximate surface area is 105 Å². The summed E-state index contributed by atoms with van der Waals surface area (Å²) in [6.45, 7) is 2.21. The molecule has 1 aromatic carbocycles. The molecule has 1 rings (SSSR count). The third kappa shape index (κ3) is 3.01. The fourth-order valence-corrected chi connectivity index (χ4v) is 2.99. The molecule has 3 N–H and O–H groups in total. The second-order valence-electron chi connectivity index (χ2n) is 3.20. The molecule has 4 nitrogen and oxygen atoms in total. The third-order valence-electron chi connectivity index (χ3n) is 1.88. The molecular formula is C9H12Cl2N2O2S. The molecule has 0 heterocycles. The average molecular weight is 283 g/mol. The Kier molecular flexibility index (Phi) is 4.43. The van der Waals surface area contributed by atoms with Gasteiger partial charge in [-0.15, -0.1) is 0 Å². The van der Waals surface area contributed by atoms with Gasteiger partial charge in [-0.2, -0.15) is 0 Å². The first-order chi connectivity index (χ1) is 7.38. The van der Waals surface area contributed by atoms with E-state index in [1.165, 1.54) is 12.1 Å². The van der Waals surface area contributed by atoms with Gasteiger partial charge in [0.1, 0.15) is 4.90 Å². The minimum absolute atomic E-state index is 0.0539. The molecule has 0 fully saturated rings. The molecular weight excluding hydrogens is 271 g/mol. The van der Waals surface area contributed by atoms with Crippen molar-refractivity contribution in [2.45, 2.75) is 18.2 Å². The Bertz CT molecular complexity index is 489. The second-order valence-corrected chi connectivity index (χ2v) is 5.75. The van der Waals surface area contributed by atoms with Gasteiger partial charge in [0.2, 0.25) is 10.0 Å². The Morgan fingerprint density at radius 3 is 2.50 bits per heavy atom. The molecule has 90 valence electrons. The molecule has 7 heteroatoms. The van der Waals surface area contributed by atoms with Crippen LogP contribution < -0.4 is 10.5 Å². The Balaban J connectivity index is 3.18. The van der Waals surface area contributed by atoms with Crippen LogP contribution in [0.5, 0.6) is 0 Å². The standard InChI is InChI=1S/C9H12Cl2N2O2S/c1-2-3-13-16(14,15)9-5-6(10)8(12)4-7(9)11/h4-5,13H,2-3,12H2,1H3. The van der Waals surface area contributed by atoms with E-state index >= 15 is 0 Å². The zero-order chi connectivity index (χ0) is 12.3. The van der Waals surface area contributed by atoms with Crippen molar-refractivity contribution >= 4 is 38.9 Å². The van der Waals surface area contributed by atoms with E-state index < -0.39 is 10.0 Å². The van der Waals surface area contributed by atoms with Crippen LogP contribution in [-0.4, -0.2) is 15.0 Å². The van der Waals surface area contributed by atoms with Gasteiger partial charge in [-0.05, 0) is 18.6 Å². The highest BCUT2D eigenvalue weighted by Crippen LogP contribution is 2.29. The molecule has 0 saturated carbocycles. The van der Waals surface area contributed by atoms with Gasteiger partial charge in [0.15, 0.2) is 0 Å². The molecule has 0 bridgehead atoms. The molecule has 16 heavy (non-hydrogen) atoms. The van der Waals surface area contributed by atoms with Gasteiger partial charge in [-0.25, -0.2) is 13.1 Å². The van der Waals surface area contributed by atoms with E-state index in [1.54, 1.807) is 0 Å². The zero-order valence-electron chi connectivity index (χ0n) is 8.63. The van der Waals surface area contributed by atoms with Crippen molar-refractivity contribution in [1.82, 2.24) is 4.72 Å². The Morgan fingerprint density at radius 1 is 1.31 bits per heavy atom. The van der Waals surface area contributed by atoms with Crippen LogP contribution in [0.4, 0.5) is 5.69 Å².